The number of carbonyl (C=O) groups is 2. The van der Waals surface area contributed by atoms with Gasteiger partial charge in [0.05, 0.1) is 23.7 Å². The standard InChI is InChI=1S/C17H24N2O6S/c1-13(2)11-18-16(20)12-25-17(21)14-4-3-5-15(10-14)26(22,23)19-6-8-24-9-7-19/h3-5,10,13H,6-9,11-12H2,1-2H3,(H,18,20). The van der Waals surface area contributed by atoms with Gasteiger partial charge in [-0.15, -0.1) is 0 Å². The Labute approximate surface area is 153 Å². The van der Waals surface area contributed by atoms with Crippen LogP contribution in [0.2, 0.25) is 0 Å². The molecule has 0 saturated carbocycles. The first kappa shape index (κ1) is 20.3. The van der Waals surface area contributed by atoms with E-state index < -0.39 is 28.5 Å². The van der Waals surface area contributed by atoms with E-state index in [2.05, 4.69) is 5.32 Å². The molecule has 144 valence electrons. The number of ether oxygens (including phenoxy) is 2. The molecule has 1 aliphatic rings. The Balaban J connectivity index is 2.01. The topological polar surface area (TPSA) is 102 Å². The van der Waals surface area contributed by atoms with Crippen molar-refractivity contribution >= 4 is 21.9 Å². The van der Waals surface area contributed by atoms with E-state index in [0.29, 0.717) is 19.8 Å². The van der Waals surface area contributed by atoms with Crippen molar-refractivity contribution < 1.29 is 27.5 Å². The largest absolute Gasteiger partial charge is 0.452 e. The van der Waals surface area contributed by atoms with Gasteiger partial charge in [0.15, 0.2) is 6.61 Å². The molecule has 2 rings (SSSR count). The Hall–Kier alpha value is -1.97. The van der Waals surface area contributed by atoms with E-state index in [1.54, 1.807) is 0 Å². The lowest BCUT2D eigenvalue weighted by Crippen LogP contribution is -2.40. The normalized spacial score (nSPS) is 15.7. The van der Waals surface area contributed by atoms with Crippen LogP contribution in [-0.2, 0) is 24.3 Å². The number of carbonyl (C=O) groups excluding carboxylic acids is 2. The van der Waals surface area contributed by atoms with E-state index in [0.717, 1.165) is 0 Å². The smallest absolute Gasteiger partial charge is 0.338 e. The van der Waals surface area contributed by atoms with E-state index >= 15 is 0 Å². The summed E-state index contributed by atoms with van der Waals surface area (Å²) in [5, 5.41) is 2.64. The molecule has 1 fully saturated rings. The molecule has 0 radical (unpaired) electrons. The second-order valence-corrected chi connectivity index (χ2v) is 8.26. The Bertz CT molecular complexity index is 741. The number of hydrogen-bond donors (Lipinski definition) is 1. The molecule has 0 aromatic heterocycles. The van der Waals surface area contributed by atoms with Crippen LogP contribution in [0.3, 0.4) is 0 Å². The van der Waals surface area contributed by atoms with E-state index in [9.17, 15) is 18.0 Å². The van der Waals surface area contributed by atoms with Crippen molar-refractivity contribution in [2.75, 3.05) is 39.5 Å². The van der Waals surface area contributed by atoms with Crippen LogP contribution in [0.25, 0.3) is 0 Å². The van der Waals surface area contributed by atoms with Crippen molar-refractivity contribution in [3.63, 3.8) is 0 Å². The Morgan fingerprint density at radius 3 is 2.62 bits per heavy atom. The van der Waals surface area contributed by atoms with Crippen molar-refractivity contribution in [2.24, 2.45) is 5.92 Å². The van der Waals surface area contributed by atoms with Gasteiger partial charge >= 0.3 is 5.97 Å². The fourth-order valence-electron chi connectivity index (χ4n) is 2.30. The molecule has 1 saturated heterocycles. The second-order valence-electron chi connectivity index (χ2n) is 6.32. The predicted octanol–water partition coefficient (Wildman–Crippen LogP) is 0.637. The monoisotopic (exact) mass is 384 g/mol. The molecule has 1 N–H and O–H groups in total. The van der Waals surface area contributed by atoms with Crippen LogP contribution in [-0.4, -0.2) is 64.1 Å². The summed E-state index contributed by atoms with van der Waals surface area (Å²) < 4.78 is 36.7. The molecule has 1 heterocycles. The summed E-state index contributed by atoms with van der Waals surface area (Å²) in [4.78, 5) is 23.7. The average molecular weight is 384 g/mol. The van der Waals surface area contributed by atoms with Gasteiger partial charge in [-0.2, -0.15) is 4.31 Å². The number of nitrogens with zero attached hydrogens (tertiary/aromatic N) is 1. The van der Waals surface area contributed by atoms with E-state index in [4.69, 9.17) is 9.47 Å². The van der Waals surface area contributed by atoms with Crippen LogP contribution in [0.15, 0.2) is 29.2 Å². The van der Waals surface area contributed by atoms with Gasteiger partial charge in [-0.05, 0) is 24.1 Å². The zero-order valence-electron chi connectivity index (χ0n) is 14.9. The Morgan fingerprint density at radius 1 is 1.27 bits per heavy atom. The van der Waals surface area contributed by atoms with Crippen LogP contribution in [0.4, 0.5) is 0 Å². The summed E-state index contributed by atoms with van der Waals surface area (Å²) in [5.74, 6) is -0.857. The third-order valence-electron chi connectivity index (χ3n) is 3.72. The van der Waals surface area contributed by atoms with Crippen LogP contribution in [0, 0.1) is 5.92 Å². The van der Waals surface area contributed by atoms with Crippen molar-refractivity contribution in [1.82, 2.24) is 9.62 Å². The third kappa shape index (κ3) is 5.52. The van der Waals surface area contributed by atoms with Crippen LogP contribution in [0.5, 0.6) is 0 Å². The van der Waals surface area contributed by atoms with Crippen LogP contribution < -0.4 is 5.32 Å². The molecule has 0 aliphatic carbocycles. The maximum atomic E-state index is 12.6. The lowest BCUT2D eigenvalue weighted by Gasteiger charge is -2.26. The average Bonchev–Trinajstić information content (AvgIpc) is 2.65. The SMILES string of the molecule is CC(C)CNC(=O)COC(=O)c1cccc(S(=O)(=O)N2CCOCC2)c1. The summed E-state index contributed by atoms with van der Waals surface area (Å²) in [6, 6.07) is 5.62. The maximum Gasteiger partial charge on any atom is 0.338 e. The fraction of sp³-hybridized carbons (Fsp3) is 0.529. The minimum atomic E-state index is -3.70. The summed E-state index contributed by atoms with van der Waals surface area (Å²) >= 11 is 0. The molecular formula is C17H24N2O6S. The van der Waals surface area contributed by atoms with Gasteiger partial charge in [-0.3, -0.25) is 4.79 Å². The number of sulfonamides is 1. The van der Waals surface area contributed by atoms with Crippen LogP contribution >= 0.6 is 0 Å². The molecule has 8 nitrogen and oxygen atoms in total. The quantitative estimate of drug-likeness (QED) is 0.692. The summed E-state index contributed by atoms with van der Waals surface area (Å²) in [5.41, 5.74) is 0.0796. The van der Waals surface area contributed by atoms with Crippen molar-refractivity contribution in [2.45, 2.75) is 18.7 Å². The first-order valence-electron chi connectivity index (χ1n) is 8.42. The van der Waals surface area contributed by atoms with E-state index in [1.165, 1.54) is 28.6 Å². The zero-order chi connectivity index (χ0) is 19.2. The Kier molecular flexibility index (Phi) is 7.13. The van der Waals surface area contributed by atoms with Crippen molar-refractivity contribution in [1.29, 1.82) is 0 Å². The highest BCUT2D eigenvalue weighted by Gasteiger charge is 2.27. The van der Waals surface area contributed by atoms with Gasteiger partial charge in [-0.25, -0.2) is 13.2 Å². The highest BCUT2D eigenvalue weighted by Crippen LogP contribution is 2.18. The number of rotatable bonds is 7. The zero-order valence-corrected chi connectivity index (χ0v) is 15.8. The molecule has 0 unspecified atom stereocenters. The molecule has 0 bridgehead atoms. The molecule has 1 aliphatic heterocycles. The number of morpholine rings is 1. The van der Waals surface area contributed by atoms with E-state index in [1.807, 2.05) is 13.8 Å². The predicted molar refractivity (Wildman–Crippen MR) is 94.2 cm³/mol. The second kappa shape index (κ2) is 9.11. The van der Waals surface area contributed by atoms with Crippen LogP contribution in [0.1, 0.15) is 24.2 Å². The molecule has 9 heteroatoms. The number of esters is 1. The number of nitrogens with one attached hydrogen (secondary N) is 1. The number of benzene rings is 1. The summed E-state index contributed by atoms with van der Waals surface area (Å²) in [7, 11) is -3.70. The molecular weight excluding hydrogens is 360 g/mol. The van der Waals surface area contributed by atoms with Gasteiger partial charge in [0.2, 0.25) is 10.0 Å². The molecule has 1 aromatic rings. The number of amides is 1. The summed E-state index contributed by atoms with van der Waals surface area (Å²) in [6.07, 6.45) is 0. The fourth-order valence-corrected chi connectivity index (χ4v) is 3.76. The highest BCUT2D eigenvalue weighted by molar-refractivity contribution is 7.89. The van der Waals surface area contributed by atoms with Crippen molar-refractivity contribution in [3.8, 4) is 0 Å². The minimum Gasteiger partial charge on any atom is -0.452 e. The first-order chi connectivity index (χ1) is 12.3. The number of hydrogen-bond acceptors (Lipinski definition) is 6. The van der Waals surface area contributed by atoms with E-state index in [-0.39, 0.29) is 29.5 Å². The van der Waals surface area contributed by atoms with Gasteiger partial charge in [0, 0.05) is 19.6 Å². The van der Waals surface area contributed by atoms with Gasteiger partial charge in [0.1, 0.15) is 0 Å². The van der Waals surface area contributed by atoms with Gasteiger partial charge in [-0.1, -0.05) is 19.9 Å². The third-order valence-corrected chi connectivity index (χ3v) is 5.61. The Morgan fingerprint density at radius 2 is 1.96 bits per heavy atom. The molecule has 0 spiro atoms. The lowest BCUT2D eigenvalue weighted by atomic mass is 10.2. The highest BCUT2D eigenvalue weighted by atomic mass is 32.2. The summed E-state index contributed by atoms with van der Waals surface area (Å²) in [6.45, 7) is 5.20. The van der Waals surface area contributed by atoms with Gasteiger partial charge in [0.25, 0.3) is 5.91 Å². The minimum absolute atomic E-state index is 0.0121. The molecule has 1 amide bonds. The molecule has 26 heavy (non-hydrogen) atoms. The molecule has 0 atom stereocenters. The first-order valence-corrected chi connectivity index (χ1v) is 9.86. The molecule has 1 aromatic carbocycles. The van der Waals surface area contributed by atoms with Crippen molar-refractivity contribution in [3.05, 3.63) is 29.8 Å². The lowest BCUT2D eigenvalue weighted by molar-refractivity contribution is -0.124. The van der Waals surface area contributed by atoms with Gasteiger partial charge < -0.3 is 14.8 Å². The maximum absolute atomic E-state index is 12.6.